The van der Waals surface area contributed by atoms with Crippen LogP contribution in [0.5, 0.6) is 0 Å². The normalized spacial score (nSPS) is 8.90. The van der Waals surface area contributed by atoms with Gasteiger partial charge in [0.25, 0.3) is 5.12 Å². The molecular weight excluding hydrogens is 156 g/mol. The van der Waals surface area contributed by atoms with Crippen molar-refractivity contribution in [3.8, 4) is 0 Å². The average molecular weight is 162 g/mol. The predicted octanol–water partition coefficient (Wildman–Crippen LogP) is -0.123. The zero-order valence-corrected chi connectivity index (χ0v) is 5.93. The van der Waals surface area contributed by atoms with Crippen molar-refractivity contribution in [2.75, 3.05) is 0 Å². The molecule has 0 aliphatic heterocycles. The summed E-state index contributed by atoms with van der Waals surface area (Å²) in [6, 6.07) is 0. The number of carbonyl (C=O) groups excluding carboxylic acids is 2. The number of hydrogen-bond donors (Lipinski definition) is 2. The largest absolute Gasteiger partial charge is 0.481 e. The van der Waals surface area contributed by atoms with E-state index in [1.165, 1.54) is 0 Å². The van der Waals surface area contributed by atoms with Gasteiger partial charge in [0.2, 0.25) is 5.78 Å². The molecule has 0 bridgehead atoms. The van der Waals surface area contributed by atoms with Crippen molar-refractivity contribution in [2.45, 2.75) is 12.8 Å². The highest BCUT2D eigenvalue weighted by atomic mass is 32.1. The Balaban J connectivity index is 3.60. The summed E-state index contributed by atoms with van der Waals surface area (Å²) in [4.78, 5) is 30.3. The van der Waals surface area contributed by atoms with E-state index in [0.29, 0.717) is 0 Å². The van der Waals surface area contributed by atoms with Crippen LogP contribution in [0.25, 0.3) is 0 Å². The molecule has 0 aromatic heterocycles. The SMILES string of the molecule is O=C(O)CCC(=O)C(=O)S. The minimum Gasteiger partial charge on any atom is -0.481 e. The smallest absolute Gasteiger partial charge is 0.303 e. The number of thiol groups is 1. The van der Waals surface area contributed by atoms with E-state index in [9.17, 15) is 14.4 Å². The van der Waals surface area contributed by atoms with Crippen molar-refractivity contribution in [3.63, 3.8) is 0 Å². The van der Waals surface area contributed by atoms with Gasteiger partial charge in [0.15, 0.2) is 0 Å². The van der Waals surface area contributed by atoms with Crippen LogP contribution in [0.2, 0.25) is 0 Å². The molecule has 0 radical (unpaired) electrons. The highest BCUT2D eigenvalue weighted by molar-refractivity contribution is 7.98. The third-order valence-electron chi connectivity index (χ3n) is 0.804. The summed E-state index contributed by atoms with van der Waals surface area (Å²) < 4.78 is 0. The van der Waals surface area contributed by atoms with Gasteiger partial charge in [-0.15, -0.1) is 0 Å². The van der Waals surface area contributed by atoms with Crippen molar-refractivity contribution in [1.82, 2.24) is 0 Å². The van der Waals surface area contributed by atoms with Crippen LogP contribution < -0.4 is 0 Å². The number of Topliss-reactive ketones (excluding diaryl/α,β-unsaturated/α-hetero) is 1. The summed E-state index contributed by atoms with van der Waals surface area (Å²) in [7, 11) is 0. The van der Waals surface area contributed by atoms with E-state index in [4.69, 9.17) is 5.11 Å². The molecule has 0 atom stereocenters. The van der Waals surface area contributed by atoms with Crippen LogP contribution >= 0.6 is 12.6 Å². The lowest BCUT2D eigenvalue weighted by molar-refractivity contribution is -0.139. The molecule has 1 N–H and O–H groups in total. The van der Waals surface area contributed by atoms with E-state index in [-0.39, 0.29) is 12.8 Å². The minimum absolute atomic E-state index is 0.266. The lowest BCUT2D eigenvalue weighted by atomic mass is 10.2. The minimum atomic E-state index is -1.09. The van der Waals surface area contributed by atoms with Crippen LogP contribution in [0, 0.1) is 0 Å². The molecule has 4 nitrogen and oxygen atoms in total. The summed E-state index contributed by atoms with van der Waals surface area (Å²) in [5.74, 6) is -1.85. The second-order valence-corrected chi connectivity index (χ2v) is 2.03. The number of aliphatic carboxylic acids is 1. The number of ketones is 1. The maximum absolute atomic E-state index is 10.4. The fraction of sp³-hybridized carbons (Fsp3) is 0.400. The maximum Gasteiger partial charge on any atom is 0.303 e. The molecule has 0 amide bonds. The lowest BCUT2D eigenvalue weighted by Gasteiger charge is -1.89. The Kier molecular flexibility index (Phi) is 3.71. The molecule has 0 unspecified atom stereocenters. The van der Waals surface area contributed by atoms with Crippen LogP contribution in [0.15, 0.2) is 0 Å². The van der Waals surface area contributed by atoms with Gasteiger partial charge >= 0.3 is 5.97 Å². The first-order valence-electron chi connectivity index (χ1n) is 2.52. The van der Waals surface area contributed by atoms with E-state index in [0.717, 1.165) is 0 Å². The summed E-state index contributed by atoms with van der Waals surface area (Å²) in [6.07, 6.45) is -0.581. The Morgan fingerprint density at radius 1 is 1.20 bits per heavy atom. The van der Waals surface area contributed by atoms with E-state index >= 15 is 0 Å². The summed E-state index contributed by atoms with van der Waals surface area (Å²) in [6.45, 7) is 0. The van der Waals surface area contributed by atoms with Crippen molar-refractivity contribution < 1.29 is 19.5 Å². The maximum atomic E-state index is 10.4. The molecule has 0 spiro atoms. The van der Waals surface area contributed by atoms with Gasteiger partial charge in [0, 0.05) is 6.42 Å². The number of carboxylic acids is 1. The van der Waals surface area contributed by atoms with E-state index in [1.54, 1.807) is 0 Å². The first-order valence-corrected chi connectivity index (χ1v) is 2.96. The van der Waals surface area contributed by atoms with Gasteiger partial charge in [-0.3, -0.25) is 14.4 Å². The number of carboxylic acid groups (broad SMARTS) is 1. The molecular formula is C5H6O4S. The van der Waals surface area contributed by atoms with Crippen molar-refractivity contribution in [1.29, 1.82) is 0 Å². The summed E-state index contributed by atoms with van der Waals surface area (Å²) in [5.41, 5.74) is 0. The molecule has 0 heterocycles. The van der Waals surface area contributed by atoms with Crippen molar-refractivity contribution in [3.05, 3.63) is 0 Å². The molecule has 10 heavy (non-hydrogen) atoms. The van der Waals surface area contributed by atoms with Crippen molar-refractivity contribution >= 4 is 29.5 Å². The molecule has 0 aromatic rings. The van der Waals surface area contributed by atoms with E-state index < -0.39 is 16.9 Å². The highest BCUT2D eigenvalue weighted by Crippen LogP contribution is 1.93. The lowest BCUT2D eigenvalue weighted by Crippen LogP contribution is -2.09. The Morgan fingerprint density at radius 2 is 1.70 bits per heavy atom. The Morgan fingerprint density at radius 3 is 2.00 bits per heavy atom. The standard InChI is InChI=1S/C5H6O4S/c6-3(5(9)10)1-2-4(7)8/h1-2H2,(H,7,8)(H,9,10). The second kappa shape index (κ2) is 4.05. The monoisotopic (exact) mass is 162 g/mol. The number of hydrogen-bond acceptors (Lipinski definition) is 3. The predicted molar refractivity (Wildman–Crippen MR) is 35.9 cm³/mol. The van der Waals surface area contributed by atoms with Crippen LogP contribution in [0.1, 0.15) is 12.8 Å². The van der Waals surface area contributed by atoms with Crippen LogP contribution in [-0.4, -0.2) is 22.0 Å². The highest BCUT2D eigenvalue weighted by Gasteiger charge is 2.09. The van der Waals surface area contributed by atoms with Gasteiger partial charge in [0.1, 0.15) is 0 Å². The zero-order chi connectivity index (χ0) is 8.15. The molecule has 0 aromatic carbocycles. The molecule has 0 rings (SSSR count). The first kappa shape index (κ1) is 9.16. The van der Waals surface area contributed by atoms with Crippen LogP contribution in [0.4, 0.5) is 0 Å². The Bertz CT molecular complexity index is 174. The van der Waals surface area contributed by atoms with Gasteiger partial charge in [-0.2, -0.15) is 0 Å². The second-order valence-electron chi connectivity index (χ2n) is 1.62. The van der Waals surface area contributed by atoms with Gasteiger partial charge in [-0.1, -0.05) is 12.6 Å². The van der Waals surface area contributed by atoms with Crippen LogP contribution in [-0.2, 0) is 14.4 Å². The first-order chi connectivity index (χ1) is 4.54. The Hall–Kier alpha value is -0.840. The van der Waals surface area contributed by atoms with Gasteiger partial charge < -0.3 is 5.11 Å². The summed E-state index contributed by atoms with van der Waals surface area (Å²) in [5, 5.41) is 7.17. The van der Waals surface area contributed by atoms with Gasteiger partial charge in [-0.25, -0.2) is 0 Å². The molecule has 0 saturated carbocycles. The van der Waals surface area contributed by atoms with Crippen LogP contribution in [0.3, 0.4) is 0 Å². The number of carbonyl (C=O) groups is 3. The zero-order valence-electron chi connectivity index (χ0n) is 5.03. The fourth-order valence-electron chi connectivity index (χ4n) is 0.327. The summed E-state index contributed by atoms with van der Waals surface area (Å²) >= 11 is 3.21. The quantitative estimate of drug-likeness (QED) is 0.446. The van der Waals surface area contributed by atoms with Crippen molar-refractivity contribution in [2.24, 2.45) is 0 Å². The average Bonchev–Trinajstić information content (AvgIpc) is 1.82. The van der Waals surface area contributed by atoms with E-state index in [1.807, 2.05) is 0 Å². The topological polar surface area (TPSA) is 71.4 Å². The molecule has 5 heteroatoms. The molecule has 0 saturated heterocycles. The third kappa shape index (κ3) is 4.08. The van der Waals surface area contributed by atoms with E-state index in [2.05, 4.69) is 12.6 Å². The fourth-order valence-corrected chi connectivity index (χ4v) is 0.439. The molecule has 0 aliphatic rings. The third-order valence-corrected chi connectivity index (χ3v) is 1.05. The molecule has 56 valence electrons. The molecule has 0 aliphatic carbocycles. The Labute approximate surface area is 62.6 Å². The van der Waals surface area contributed by atoms with Gasteiger partial charge in [0.05, 0.1) is 6.42 Å². The van der Waals surface area contributed by atoms with Gasteiger partial charge in [-0.05, 0) is 0 Å². The number of rotatable bonds is 4. The molecule has 0 fully saturated rings.